The van der Waals surface area contributed by atoms with Crippen LogP contribution in [0.25, 0.3) is 0 Å². The van der Waals surface area contributed by atoms with Gasteiger partial charge in [0.2, 0.25) is 5.91 Å². The third kappa shape index (κ3) is 4.61. The number of rotatable bonds is 7. The number of piperidine rings is 1. The third-order valence-corrected chi connectivity index (χ3v) is 5.93. The second-order valence-electron chi connectivity index (χ2n) is 7.83. The molecule has 1 aliphatic heterocycles. The molecule has 4 heteroatoms. The number of aryl methyl sites for hydroxylation is 2. The molecule has 2 aromatic carbocycles. The lowest BCUT2D eigenvalue weighted by atomic mass is 9.73. The van der Waals surface area contributed by atoms with E-state index in [1.807, 2.05) is 35.2 Å². The number of carbonyl (C=O) groups is 2. The van der Waals surface area contributed by atoms with E-state index in [9.17, 15) is 14.7 Å². The van der Waals surface area contributed by atoms with Crippen LogP contribution in [0.3, 0.4) is 0 Å². The molecule has 1 saturated heterocycles. The number of nitrogens with zero attached hydrogens (tertiary/aromatic N) is 1. The number of likely N-dealkylation sites (tertiary alicyclic amines) is 1. The Kier molecular flexibility index (Phi) is 6.50. The molecule has 1 N–H and O–H groups in total. The molecule has 1 heterocycles. The second-order valence-corrected chi connectivity index (χ2v) is 7.83. The first-order valence-corrected chi connectivity index (χ1v) is 10.1. The van der Waals surface area contributed by atoms with Crippen LogP contribution < -0.4 is 0 Å². The first-order valence-electron chi connectivity index (χ1n) is 10.1. The molecular formula is C24H29NO3. The summed E-state index contributed by atoms with van der Waals surface area (Å²) in [4.78, 5) is 26.4. The zero-order chi connectivity index (χ0) is 20.0. The molecule has 2 aromatic rings. The van der Waals surface area contributed by atoms with Crippen LogP contribution in [-0.4, -0.2) is 35.0 Å². The Morgan fingerprint density at radius 2 is 1.61 bits per heavy atom. The monoisotopic (exact) mass is 379 g/mol. The molecule has 0 spiro atoms. The van der Waals surface area contributed by atoms with E-state index in [4.69, 9.17) is 0 Å². The van der Waals surface area contributed by atoms with E-state index in [0.717, 1.165) is 24.8 Å². The summed E-state index contributed by atoms with van der Waals surface area (Å²) in [5.41, 5.74) is 2.54. The quantitative estimate of drug-likeness (QED) is 0.728. The maximum Gasteiger partial charge on any atom is 0.314 e. The van der Waals surface area contributed by atoms with Gasteiger partial charge in [-0.15, -0.1) is 0 Å². The minimum atomic E-state index is -0.872. The van der Waals surface area contributed by atoms with Crippen molar-refractivity contribution in [2.75, 3.05) is 13.1 Å². The van der Waals surface area contributed by atoms with Gasteiger partial charge in [-0.25, -0.2) is 0 Å². The topological polar surface area (TPSA) is 57.6 Å². The molecule has 1 fully saturated rings. The van der Waals surface area contributed by atoms with Crippen LogP contribution in [0.1, 0.15) is 48.8 Å². The number of carboxylic acid groups (broad SMARTS) is 1. The largest absolute Gasteiger partial charge is 0.481 e. The minimum Gasteiger partial charge on any atom is -0.481 e. The molecule has 0 unspecified atom stereocenters. The molecule has 0 aliphatic carbocycles. The Labute approximate surface area is 167 Å². The average Bonchev–Trinajstić information content (AvgIpc) is 2.73. The summed E-state index contributed by atoms with van der Waals surface area (Å²) in [5, 5.41) is 9.86. The summed E-state index contributed by atoms with van der Waals surface area (Å²) in [6.07, 6.45) is 4.33. The SMILES string of the molecule is Cc1ccc(CCCCC(=O)N2CCC(C(=O)O)(c3ccccc3)CC2)cc1. The predicted molar refractivity (Wildman–Crippen MR) is 110 cm³/mol. The van der Waals surface area contributed by atoms with Crippen molar-refractivity contribution in [3.8, 4) is 0 Å². The lowest BCUT2D eigenvalue weighted by Gasteiger charge is -2.39. The van der Waals surface area contributed by atoms with Gasteiger partial charge in [-0.1, -0.05) is 60.2 Å². The van der Waals surface area contributed by atoms with E-state index in [1.165, 1.54) is 11.1 Å². The van der Waals surface area contributed by atoms with Crippen molar-refractivity contribution in [2.45, 2.75) is 50.9 Å². The minimum absolute atomic E-state index is 0.149. The molecule has 3 rings (SSSR count). The number of hydrogen-bond acceptors (Lipinski definition) is 2. The number of unbranched alkanes of at least 4 members (excludes halogenated alkanes) is 1. The molecule has 0 radical (unpaired) electrons. The van der Waals surface area contributed by atoms with Gasteiger partial charge in [-0.05, 0) is 50.2 Å². The summed E-state index contributed by atoms with van der Waals surface area (Å²) in [7, 11) is 0. The van der Waals surface area contributed by atoms with Crippen LogP contribution in [0.15, 0.2) is 54.6 Å². The van der Waals surface area contributed by atoms with Gasteiger partial charge in [-0.2, -0.15) is 0 Å². The summed E-state index contributed by atoms with van der Waals surface area (Å²) >= 11 is 0. The van der Waals surface area contributed by atoms with Crippen molar-refractivity contribution < 1.29 is 14.7 Å². The van der Waals surface area contributed by atoms with Crippen LogP contribution in [0.5, 0.6) is 0 Å². The van der Waals surface area contributed by atoms with Crippen molar-refractivity contribution >= 4 is 11.9 Å². The maximum absolute atomic E-state index is 12.5. The summed E-state index contributed by atoms with van der Waals surface area (Å²) in [6.45, 7) is 3.11. The Morgan fingerprint density at radius 3 is 2.21 bits per heavy atom. The van der Waals surface area contributed by atoms with Gasteiger partial charge in [0, 0.05) is 19.5 Å². The number of carboxylic acids is 1. The zero-order valence-corrected chi connectivity index (χ0v) is 16.6. The van der Waals surface area contributed by atoms with Gasteiger partial charge < -0.3 is 10.0 Å². The van der Waals surface area contributed by atoms with Gasteiger partial charge in [0.05, 0.1) is 5.41 Å². The van der Waals surface area contributed by atoms with Crippen molar-refractivity contribution in [2.24, 2.45) is 0 Å². The van der Waals surface area contributed by atoms with Crippen LogP contribution >= 0.6 is 0 Å². The molecule has 4 nitrogen and oxygen atoms in total. The molecule has 28 heavy (non-hydrogen) atoms. The van der Waals surface area contributed by atoms with E-state index in [2.05, 4.69) is 31.2 Å². The third-order valence-electron chi connectivity index (χ3n) is 5.93. The van der Waals surface area contributed by atoms with E-state index >= 15 is 0 Å². The van der Waals surface area contributed by atoms with Gasteiger partial charge in [0.15, 0.2) is 0 Å². The normalized spacial score (nSPS) is 16.0. The Morgan fingerprint density at radius 1 is 0.964 bits per heavy atom. The maximum atomic E-state index is 12.5. The van der Waals surface area contributed by atoms with E-state index in [-0.39, 0.29) is 5.91 Å². The first kappa shape index (κ1) is 20.1. The van der Waals surface area contributed by atoms with Gasteiger partial charge >= 0.3 is 5.97 Å². The predicted octanol–water partition coefficient (Wildman–Crippen LogP) is 4.35. The average molecular weight is 380 g/mol. The van der Waals surface area contributed by atoms with Crippen molar-refractivity contribution in [1.29, 1.82) is 0 Å². The highest BCUT2D eigenvalue weighted by Gasteiger charge is 2.43. The fourth-order valence-corrected chi connectivity index (χ4v) is 4.04. The smallest absolute Gasteiger partial charge is 0.314 e. The van der Waals surface area contributed by atoms with Crippen LogP contribution in [0, 0.1) is 6.92 Å². The van der Waals surface area contributed by atoms with Crippen LogP contribution in [-0.2, 0) is 21.4 Å². The molecule has 148 valence electrons. The standard InChI is InChI=1S/C24H29NO3/c1-19-11-13-20(14-12-19)7-5-6-10-22(26)25-17-15-24(16-18-25,23(27)28)21-8-3-2-4-9-21/h2-4,8-9,11-14H,5-7,10,15-18H2,1H3,(H,27,28). The number of carbonyl (C=O) groups excluding carboxylic acids is 1. The Balaban J connectivity index is 1.48. The Bertz CT molecular complexity index is 790. The van der Waals surface area contributed by atoms with Crippen LogP contribution in [0.4, 0.5) is 0 Å². The number of aliphatic carboxylic acids is 1. The van der Waals surface area contributed by atoms with E-state index < -0.39 is 11.4 Å². The Hall–Kier alpha value is -2.62. The molecule has 1 aliphatic rings. The van der Waals surface area contributed by atoms with Crippen molar-refractivity contribution in [3.63, 3.8) is 0 Å². The second kappa shape index (κ2) is 9.05. The number of amides is 1. The first-order chi connectivity index (χ1) is 13.5. The molecule has 0 bridgehead atoms. The highest BCUT2D eigenvalue weighted by Crippen LogP contribution is 2.36. The summed E-state index contributed by atoms with van der Waals surface area (Å²) in [5.74, 6) is -0.639. The summed E-state index contributed by atoms with van der Waals surface area (Å²) in [6, 6.07) is 18.0. The number of benzene rings is 2. The van der Waals surface area contributed by atoms with Gasteiger partial charge in [-0.3, -0.25) is 9.59 Å². The lowest BCUT2D eigenvalue weighted by molar-refractivity contribution is -0.148. The van der Waals surface area contributed by atoms with E-state index in [1.54, 1.807) is 0 Å². The lowest BCUT2D eigenvalue weighted by Crippen LogP contribution is -2.49. The molecule has 0 aromatic heterocycles. The fourth-order valence-electron chi connectivity index (χ4n) is 4.04. The fraction of sp³-hybridized carbons (Fsp3) is 0.417. The molecule has 0 saturated carbocycles. The van der Waals surface area contributed by atoms with E-state index in [0.29, 0.717) is 32.4 Å². The highest BCUT2D eigenvalue weighted by molar-refractivity contribution is 5.82. The molecule has 0 atom stereocenters. The van der Waals surface area contributed by atoms with Crippen molar-refractivity contribution in [1.82, 2.24) is 4.90 Å². The number of hydrogen-bond donors (Lipinski definition) is 1. The van der Waals surface area contributed by atoms with Crippen molar-refractivity contribution in [3.05, 3.63) is 71.3 Å². The summed E-state index contributed by atoms with van der Waals surface area (Å²) < 4.78 is 0. The van der Waals surface area contributed by atoms with Gasteiger partial charge in [0.1, 0.15) is 0 Å². The molecule has 1 amide bonds. The zero-order valence-electron chi connectivity index (χ0n) is 16.6. The highest BCUT2D eigenvalue weighted by atomic mass is 16.4. The van der Waals surface area contributed by atoms with Crippen LogP contribution in [0.2, 0.25) is 0 Å². The van der Waals surface area contributed by atoms with Gasteiger partial charge in [0.25, 0.3) is 0 Å². The molecular weight excluding hydrogens is 350 g/mol.